The van der Waals surface area contributed by atoms with Gasteiger partial charge in [-0.3, -0.25) is 9.36 Å². The minimum atomic E-state index is -3.17. The number of aliphatic carboxylic acids is 1. The molecule has 2 rings (SSSR count). The van der Waals surface area contributed by atoms with Gasteiger partial charge in [0, 0.05) is 18.5 Å². The van der Waals surface area contributed by atoms with E-state index in [1.54, 1.807) is 29.8 Å². The van der Waals surface area contributed by atoms with Crippen molar-refractivity contribution in [1.29, 1.82) is 0 Å². The topological polar surface area (TPSA) is 102 Å². The number of carboxylic acid groups (broad SMARTS) is 1. The van der Waals surface area contributed by atoms with Crippen molar-refractivity contribution < 1.29 is 18.3 Å². The molecule has 2 heterocycles. The van der Waals surface area contributed by atoms with Gasteiger partial charge in [-0.15, -0.1) is 0 Å². The number of fused-ring (bicyclic) bond motifs is 1. The van der Waals surface area contributed by atoms with Crippen molar-refractivity contribution in [3.05, 3.63) is 18.3 Å². The van der Waals surface area contributed by atoms with Gasteiger partial charge < -0.3 is 5.11 Å². The number of imidazole rings is 1. The van der Waals surface area contributed by atoms with Crippen LogP contribution in [0.1, 0.15) is 13.0 Å². The van der Waals surface area contributed by atoms with Gasteiger partial charge in [-0.25, -0.2) is 18.4 Å². The Bertz CT molecular complexity index is 770. The third-order valence-corrected chi connectivity index (χ3v) is 4.75. The summed E-state index contributed by atoms with van der Waals surface area (Å²) in [5.41, 5.74) is 1.17. The van der Waals surface area contributed by atoms with E-state index in [0.717, 1.165) is 11.8 Å². The molecule has 21 heavy (non-hydrogen) atoms. The zero-order valence-electron chi connectivity index (χ0n) is 11.6. The van der Waals surface area contributed by atoms with Crippen LogP contribution in [0, 0.1) is 0 Å². The molecule has 0 fully saturated rings. The molecular weight excluding hydrogens is 314 g/mol. The predicted octanol–water partition coefficient (Wildman–Crippen LogP) is 1.21. The molecule has 0 amide bonds. The fraction of sp³-hybridized carbons (Fsp3) is 0.417. The molecule has 0 aliphatic carbocycles. The van der Waals surface area contributed by atoms with Gasteiger partial charge in [0.05, 0.1) is 11.5 Å². The number of hydrogen-bond acceptors (Lipinski definition) is 6. The van der Waals surface area contributed by atoms with Crippen LogP contribution in [-0.2, 0) is 14.6 Å². The minimum Gasteiger partial charge on any atom is -0.481 e. The SMILES string of the molecule is CC(CS(C)(=O)=O)n1c(SCC(=O)O)nc2cccnc21. The quantitative estimate of drug-likeness (QED) is 0.795. The third-order valence-electron chi connectivity index (χ3n) is 2.73. The average molecular weight is 329 g/mol. The van der Waals surface area contributed by atoms with Crippen LogP contribution in [0.2, 0.25) is 0 Å². The molecule has 0 saturated carbocycles. The molecule has 114 valence electrons. The minimum absolute atomic E-state index is 0.0599. The van der Waals surface area contributed by atoms with Gasteiger partial charge in [-0.2, -0.15) is 0 Å². The summed E-state index contributed by atoms with van der Waals surface area (Å²) in [7, 11) is -3.17. The van der Waals surface area contributed by atoms with Crippen molar-refractivity contribution >= 4 is 38.7 Å². The fourth-order valence-electron chi connectivity index (χ4n) is 2.05. The Morgan fingerprint density at radius 3 is 2.86 bits per heavy atom. The van der Waals surface area contributed by atoms with Crippen molar-refractivity contribution in [2.45, 2.75) is 18.1 Å². The maximum absolute atomic E-state index is 11.5. The van der Waals surface area contributed by atoms with Crippen molar-refractivity contribution in [2.24, 2.45) is 0 Å². The smallest absolute Gasteiger partial charge is 0.313 e. The Balaban J connectivity index is 2.46. The van der Waals surface area contributed by atoms with E-state index < -0.39 is 15.8 Å². The highest BCUT2D eigenvalue weighted by Crippen LogP contribution is 2.27. The summed E-state index contributed by atoms with van der Waals surface area (Å²) in [5.74, 6) is -1.16. The van der Waals surface area contributed by atoms with Gasteiger partial charge in [0.1, 0.15) is 15.4 Å². The third kappa shape index (κ3) is 3.94. The number of nitrogens with zero attached hydrogens (tertiary/aromatic N) is 3. The lowest BCUT2D eigenvalue weighted by molar-refractivity contribution is -0.133. The first kappa shape index (κ1) is 15.8. The van der Waals surface area contributed by atoms with Crippen LogP contribution >= 0.6 is 11.8 Å². The van der Waals surface area contributed by atoms with E-state index in [0.29, 0.717) is 16.3 Å². The molecule has 0 bridgehead atoms. The van der Waals surface area contributed by atoms with Crippen LogP contribution < -0.4 is 0 Å². The second-order valence-electron chi connectivity index (χ2n) is 4.73. The van der Waals surface area contributed by atoms with Gasteiger partial charge in [0.15, 0.2) is 10.8 Å². The number of sulfone groups is 1. The lowest BCUT2D eigenvalue weighted by atomic mass is 10.4. The monoisotopic (exact) mass is 329 g/mol. The van der Waals surface area contributed by atoms with Crippen LogP contribution in [0.3, 0.4) is 0 Å². The molecule has 0 aliphatic rings. The Labute approximate surface area is 126 Å². The molecule has 1 unspecified atom stereocenters. The molecule has 2 aromatic heterocycles. The lowest BCUT2D eigenvalue weighted by Crippen LogP contribution is -2.18. The number of hydrogen-bond donors (Lipinski definition) is 1. The highest BCUT2D eigenvalue weighted by atomic mass is 32.2. The van der Waals surface area contributed by atoms with E-state index in [-0.39, 0.29) is 17.5 Å². The molecule has 1 N–H and O–H groups in total. The average Bonchev–Trinajstić information content (AvgIpc) is 2.72. The molecule has 2 aromatic rings. The summed E-state index contributed by atoms with van der Waals surface area (Å²) in [5, 5.41) is 9.26. The molecule has 0 saturated heterocycles. The second-order valence-corrected chi connectivity index (χ2v) is 7.86. The van der Waals surface area contributed by atoms with E-state index in [1.807, 2.05) is 0 Å². The van der Waals surface area contributed by atoms with Crippen LogP contribution in [0.25, 0.3) is 11.2 Å². The molecule has 9 heteroatoms. The highest BCUT2D eigenvalue weighted by Gasteiger charge is 2.20. The first-order chi connectivity index (χ1) is 9.78. The largest absolute Gasteiger partial charge is 0.481 e. The summed E-state index contributed by atoms with van der Waals surface area (Å²) in [6.45, 7) is 1.75. The predicted molar refractivity (Wildman–Crippen MR) is 80.3 cm³/mol. The lowest BCUT2D eigenvalue weighted by Gasteiger charge is -2.15. The van der Waals surface area contributed by atoms with Gasteiger partial charge in [0.25, 0.3) is 0 Å². The molecule has 0 aromatic carbocycles. The summed E-state index contributed by atoms with van der Waals surface area (Å²) in [4.78, 5) is 19.3. The standard InChI is InChI=1S/C12H15N3O4S2/c1-8(7-21(2,18)19)15-11-9(4-3-5-13-11)14-12(15)20-6-10(16)17/h3-5,8H,6-7H2,1-2H3,(H,16,17). The number of rotatable bonds is 6. The van der Waals surface area contributed by atoms with E-state index in [9.17, 15) is 13.2 Å². The second kappa shape index (κ2) is 6.02. The number of thioether (sulfide) groups is 1. The number of aromatic nitrogens is 3. The molecule has 0 radical (unpaired) electrons. The van der Waals surface area contributed by atoms with Gasteiger partial charge in [-0.1, -0.05) is 11.8 Å². The zero-order chi connectivity index (χ0) is 15.6. The van der Waals surface area contributed by atoms with E-state index in [2.05, 4.69) is 9.97 Å². The number of pyridine rings is 1. The Hall–Kier alpha value is -1.61. The maximum atomic E-state index is 11.5. The molecule has 1 atom stereocenters. The first-order valence-corrected chi connectivity index (χ1v) is 9.18. The van der Waals surface area contributed by atoms with Crippen LogP contribution in [0.5, 0.6) is 0 Å². The number of carboxylic acids is 1. The van der Waals surface area contributed by atoms with Gasteiger partial charge in [-0.05, 0) is 19.1 Å². The molecule has 7 nitrogen and oxygen atoms in total. The molecular formula is C12H15N3O4S2. The number of carbonyl (C=O) groups is 1. The Morgan fingerprint density at radius 2 is 2.24 bits per heavy atom. The van der Waals surface area contributed by atoms with Crippen molar-refractivity contribution in [3.8, 4) is 0 Å². The van der Waals surface area contributed by atoms with E-state index in [1.165, 1.54) is 6.26 Å². The Kier molecular flexibility index (Phi) is 4.52. The normalized spacial score (nSPS) is 13.4. The first-order valence-electron chi connectivity index (χ1n) is 6.13. The van der Waals surface area contributed by atoms with Crippen molar-refractivity contribution in [2.75, 3.05) is 17.8 Å². The fourth-order valence-corrected chi connectivity index (χ4v) is 3.89. The van der Waals surface area contributed by atoms with Gasteiger partial charge in [0.2, 0.25) is 0 Å². The summed E-state index contributed by atoms with van der Waals surface area (Å²) < 4.78 is 24.7. The zero-order valence-corrected chi connectivity index (χ0v) is 13.2. The van der Waals surface area contributed by atoms with Crippen LogP contribution in [0.15, 0.2) is 23.5 Å². The summed E-state index contributed by atoms with van der Waals surface area (Å²) in [6, 6.07) is 3.11. The molecule has 0 aliphatic heterocycles. The Morgan fingerprint density at radius 1 is 1.52 bits per heavy atom. The van der Waals surface area contributed by atoms with Crippen LogP contribution in [0.4, 0.5) is 0 Å². The summed E-state index contributed by atoms with van der Waals surface area (Å²) in [6.07, 6.45) is 2.76. The van der Waals surface area contributed by atoms with Crippen molar-refractivity contribution in [3.63, 3.8) is 0 Å². The van der Waals surface area contributed by atoms with Gasteiger partial charge >= 0.3 is 5.97 Å². The maximum Gasteiger partial charge on any atom is 0.313 e. The van der Waals surface area contributed by atoms with E-state index in [4.69, 9.17) is 5.11 Å². The highest BCUT2D eigenvalue weighted by molar-refractivity contribution is 7.99. The summed E-state index contributed by atoms with van der Waals surface area (Å²) >= 11 is 1.05. The van der Waals surface area contributed by atoms with Crippen molar-refractivity contribution in [1.82, 2.24) is 14.5 Å². The molecule has 0 spiro atoms. The van der Waals surface area contributed by atoms with Crippen LogP contribution in [-0.4, -0.2) is 51.8 Å². The van der Waals surface area contributed by atoms with E-state index >= 15 is 0 Å².